The Hall–Kier alpha value is -2.74. The summed E-state index contributed by atoms with van der Waals surface area (Å²) in [5.41, 5.74) is 0.625. The van der Waals surface area contributed by atoms with E-state index in [4.69, 9.17) is 32.4 Å². The van der Waals surface area contributed by atoms with Crippen molar-refractivity contribution < 1.29 is 23.1 Å². The van der Waals surface area contributed by atoms with E-state index in [1.165, 1.54) is 30.3 Å². The molecule has 1 aliphatic rings. The molecular formula is C22H14Cl2FNO4S. The Morgan fingerprint density at radius 3 is 2.61 bits per heavy atom. The molecule has 2 aromatic carbocycles. The van der Waals surface area contributed by atoms with Gasteiger partial charge in [0, 0.05) is 11.6 Å². The van der Waals surface area contributed by atoms with E-state index in [-0.39, 0.29) is 23.9 Å². The maximum Gasteiger partial charge on any atom is 0.293 e. The van der Waals surface area contributed by atoms with Gasteiger partial charge in [-0.3, -0.25) is 14.5 Å². The largest absolute Gasteiger partial charge is 0.492 e. The molecule has 0 unspecified atom stereocenters. The number of carbonyl (C=O) groups excluding carboxylic acids is 2. The monoisotopic (exact) mass is 477 g/mol. The van der Waals surface area contributed by atoms with Gasteiger partial charge in [0.25, 0.3) is 11.1 Å². The van der Waals surface area contributed by atoms with Crippen LogP contribution < -0.4 is 4.74 Å². The van der Waals surface area contributed by atoms with Crippen LogP contribution in [0.2, 0.25) is 10.0 Å². The van der Waals surface area contributed by atoms with Gasteiger partial charge in [-0.25, -0.2) is 4.39 Å². The average molecular weight is 478 g/mol. The number of thioether (sulfide) groups is 1. The summed E-state index contributed by atoms with van der Waals surface area (Å²) < 4.78 is 24.2. The summed E-state index contributed by atoms with van der Waals surface area (Å²) in [6.07, 6.45) is 1.51. The minimum absolute atomic E-state index is 0.0703. The molecule has 5 nitrogen and oxygen atoms in total. The van der Waals surface area contributed by atoms with Gasteiger partial charge in [-0.05, 0) is 60.3 Å². The van der Waals surface area contributed by atoms with Gasteiger partial charge in [0.15, 0.2) is 0 Å². The van der Waals surface area contributed by atoms with Crippen LogP contribution in [0.25, 0.3) is 17.4 Å². The van der Waals surface area contributed by atoms with Crippen LogP contribution in [0.15, 0.2) is 63.9 Å². The molecule has 0 spiro atoms. The summed E-state index contributed by atoms with van der Waals surface area (Å²) in [5.74, 6) is 0.537. The normalized spacial score (nSPS) is 15.2. The Bertz CT molecular complexity index is 1180. The molecule has 0 aliphatic carbocycles. The number of ether oxygens (including phenoxy) is 1. The number of rotatable bonds is 6. The molecule has 0 N–H and O–H groups in total. The summed E-state index contributed by atoms with van der Waals surface area (Å²) in [7, 11) is 0. The second-order valence-electron chi connectivity index (χ2n) is 6.44. The lowest BCUT2D eigenvalue weighted by Gasteiger charge is -2.13. The molecule has 2 amide bonds. The Balaban J connectivity index is 1.43. The number of benzene rings is 2. The second kappa shape index (κ2) is 9.18. The molecule has 1 fully saturated rings. The number of imide groups is 1. The van der Waals surface area contributed by atoms with Crippen LogP contribution in [-0.4, -0.2) is 29.2 Å². The number of hydrogen-bond acceptors (Lipinski definition) is 5. The van der Waals surface area contributed by atoms with Crippen LogP contribution in [0.5, 0.6) is 5.75 Å². The van der Waals surface area contributed by atoms with Crippen LogP contribution in [0.3, 0.4) is 0 Å². The average Bonchev–Trinajstić information content (AvgIpc) is 3.31. The summed E-state index contributed by atoms with van der Waals surface area (Å²) in [5, 5.41) is 0.372. The third-order valence-electron chi connectivity index (χ3n) is 4.39. The molecule has 0 atom stereocenters. The highest BCUT2D eigenvalue weighted by Gasteiger charge is 2.35. The molecule has 2 heterocycles. The molecule has 9 heteroatoms. The van der Waals surface area contributed by atoms with Gasteiger partial charge < -0.3 is 9.15 Å². The third kappa shape index (κ3) is 4.79. The van der Waals surface area contributed by atoms with E-state index in [9.17, 15) is 14.0 Å². The Morgan fingerprint density at radius 1 is 1.06 bits per heavy atom. The van der Waals surface area contributed by atoms with Gasteiger partial charge in [-0.15, -0.1) is 0 Å². The molecule has 0 saturated carbocycles. The first kappa shape index (κ1) is 21.5. The lowest BCUT2D eigenvalue weighted by molar-refractivity contribution is -0.123. The van der Waals surface area contributed by atoms with Gasteiger partial charge in [0.05, 0.1) is 21.5 Å². The highest BCUT2D eigenvalue weighted by molar-refractivity contribution is 8.18. The zero-order valence-corrected chi connectivity index (χ0v) is 18.1. The summed E-state index contributed by atoms with van der Waals surface area (Å²) in [4.78, 5) is 26.2. The van der Waals surface area contributed by atoms with Crippen molar-refractivity contribution in [3.8, 4) is 17.1 Å². The predicted molar refractivity (Wildman–Crippen MR) is 119 cm³/mol. The zero-order chi connectivity index (χ0) is 22.0. The molecule has 4 rings (SSSR count). The van der Waals surface area contributed by atoms with Crippen molar-refractivity contribution >= 4 is 52.2 Å². The van der Waals surface area contributed by atoms with E-state index in [1.54, 1.807) is 30.3 Å². The fourth-order valence-electron chi connectivity index (χ4n) is 2.88. The topological polar surface area (TPSA) is 59.8 Å². The van der Waals surface area contributed by atoms with Crippen molar-refractivity contribution in [2.24, 2.45) is 0 Å². The Labute approximate surface area is 191 Å². The molecule has 158 valence electrons. The number of halogens is 3. The van der Waals surface area contributed by atoms with Crippen LogP contribution in [0.4, 0.5) is 9.18 Å². The lowest BCUT2D eigenvalue weighted by Crippen LogP contribution is -2.32. The van der Waals surface area contributed by atoms with Crippen molar-refractivity contribution in [1.82, 2.24) is 4.90 Å². The summed E-state index contributed by atoms with van der Waals surface area (Å²) >= 11 is 13.1. The highest BCUT2D eigenvalue weighted by atomic mass is 35.5. The fraction of sp³-hybridized carbons (Fsp3) is 0.0909. The standard InChI is InChI=1S/C22H14Cl2FNO4S/c23-17-3-1-2-16(20(17)24)18-9-8-15(30-18)12-19-21(27)26(22(28)31-19)10-11-29-14-6-4-13(25)5-7-14/h1-9,12H,10-11H2/b19-12-. The number of carbonyl (C=O) groups is 2. The van der Waals surface area contributed by atoms with Crippen LogP contribution in [0.1, 0.15) is 5.76 Å². The van der Waals surface area contributed by atoms with Crippen LogP contribution >= 0.6 is 35.0 Å². The summed E-state index contributed by atoms with van der Waals surface area (Å²) in [6.45, 7) is 0.163. The maximum atomic E-state index is 12.9. The molecule has 1 saturated heterocycles. The molecule has 3 aromatic rings. The van der Waals surface area contributed by atoms with E-state index in [0.29, 0.717) is 32.9 Å². The second-order valence-corrected chi connectivity index (χ2v) is 8.22. The van der Waals surface area contributed by atoms with Gasteiger partial charge in [-0.1, -0.05) is 29.3 Å². The highest BCUT2D eigenvalue weighted by Crippen LogP contribution is 2.36. The van der Waals surface area contributed by atoms with Crippen molar-refractivity contribution in [2.45, 2.75) is 0 Å². The van der Waals surface area contributed by atoms with E-state index < -0.39 is 11.1 Å². The maximum absolute atomic E-state index is 12.9. The van der Waals surface area contributed by atoms with E-state index >= 15 is 0 Å². The van der Waals surface area contributed by atoms with Gasteiger partial charge in [0.1, 0.15) is 29.7 Å². The molecular weight excluding hydrogens is 464 g/mol. The van der Waals surface area contributed by atoms with Crippen LogP contribution in [0, 0.1) is 5.82 Å². The molecule has 1 aromatic heterocycles. The number of furan rings is 1. The predicted octanol–water partition coefficient (Wildman–Crippen LogP) is 6.51. The smallest absolute Gasteiger partial charge is 0.293 e. The Morgan fingerprint density at radius 2 is 1.84 bits per heavy atom. The van der Waals surface area contributed by atoms with Gasteiger partial charge >= 0.3 is 0 Å². The number of nitrogens with zero attached hydrogens (tertiary/aromatic N) is 1. The first-order valence-electron chi connectivity index (χ1n) is 9.10. The van der Waals surface area contributed by atoms with Crippen molar-refractivity contribution in [3.05, 3.63) is 81.1 Å². The van der Waals surface area contributed by atoms with Crippen LogP contribution in [-0.2, 0) is 4.79 Å². The first-order chi connectivity index (χ1) is 14.9. The summed E-state index contributed by atoms with van der Waals surface area (Å²) in [6, 6.07) is 14.1. The Kier molecular flexibility index (Phi) is 6.36. The molecule has 0 bridgehead atoms. The van der Waals surface area contributed by atoms with Crippen molar-refractivity contribution in [2.75, 3.05) is 13.2 Å². The molecule has 1 aliphatic heterocycles. The van der Waals surface area contributed by atoms with Crippen molar-refractivity contribution in [3.63, 3.8) is 0 Å². The van der Waals surface area contributed by atoms with Crippen molar-refractivity contribution in [1.29, 1.82) is 0 Å². The van der Waals surface area contributed by atoms with E-state index in [2.05, 4.69) is 0 Å². The minimum Gasteiger partial charge on any atom is -0.492 e. The molecule has 31 heavy (non-hydrogen) atoms. The zero-order valence-electron chi connectivity index (χ0n) is 15.8. The number of hydrogen-bond donors (Lipinski definition) is 0. The van der Waals surface area contributed by atoms with Gasteiger partial charge in [0.2, 0.25) is 0 Å². The van der Waals surface area contributed by atoms with E-state index in [1.807, 2.05) is 0 Å². The fourth-order valence-corrected chi connectivity index (χ4v) is 4.12. The quantitative estimate of drug-likeness (QED) is 0.378. The lowest BCUT2D eigenvalue weighted by atomic mass is 10.2. The third-order valence-corrected chi connectivity index (χ3v) is 6.11. The SMILES string of the molecule is O=C1S/C(=C\c2ccc(-c3cccc(Cl)c3Cl)o2)C(=O)N1CCOc1ccc(F)cc1. The first-order valence-corrected chi connectivity index (χ1v) is 10.7. The molecule has 0 radical (unpaired) electrons. The van der Waals surface area contributed by atoms with E-state index in [0.717, 1.165) is 16.7 Å². The number of amides is 2. The van der Waals surface area contributed by atoms with Gasteiger partial charge in [-0.2, -0.15) is 0 Å². The minimum atomic E-state index is -0.434.